The Bertz CT molecular complexity index is 1230. The maximum atomic E-state index is 13.2. The van der Waals surface area contributed by atoms with Gasteiger partial charge in [0, 0.05) is 35.1 Å². The number of aryl methyl sites for hydroxylation is 1. The highest BCUT2D eigenvalue weighted by molar-refractivity contribution is 7.92. The van der Waals surface area contributed by atoms with Crippen LogP contribution in [0.25, 0.3) is 10.9 Å². The summed E-state index contributed by atoms with van der Waals surface area (Å²) < 4.78 is 29.2. The molecule has 0 fully saturated rings. The average Bonchev–Trinajstić information content (AvgIpc) is 3.15. The van der Waals surface area contributed by atoms with Crippen LogP contribution in [0.4, 0.5) is 5.69 Å². The van der Waals surface area contributed by atoms with Crippen LogP contribution in [0.1, 0.15) is 25.8 Å². The number of halogens is 1. The van der Waals surface area contributed by atoms with Gasteiger partial charge in [0.05, 0.1) is 16.8 Å². The van der Waals surface area contributed by atoms with Crippen molar-refractivity contribution < 1.29 is 13.2 Å². The predicted molar refractivity (Wildman–Crippen MR) is 136 cm³/mol. The Balaban J connectivity index is 1.99. The number of aromatic nitrogens is 2. The third-order valence-electron chi connectivity index (χ3n) is 4.93. The molecule has 0 saturated carbocycles. The third-order valence-corrected chi connectivity index (χ3v) is 9.08. The molecule has 0 spiro atoms. The van der Waals surface area contributed by atoms with Crippen molar-refractivity contribution in [2.24, 2.45) is 5.92 Å². The molecular formula is C21H27ClN4O3P2S. The quantitative estimate of drug-likeness (QED) is 0.427. The molecule has 0 aliphatic rings. The summed E-state index contributed by atoms with van der Waals surface area (Å²) >= 11 is 6.16. The summed E-state index contributed by atoms with van der Waals surface area (Å²) in [5.74, 6) is 0.193. The van der Waals surface area contributed by atoms with Crippen molar-refractivity contribution in [1.82, 2.24) is 13.9 Å². The second-order valence-corrected chi connectivity index (χ2v) is 11.5. The first kappa shape index (κ1) is 25.1. The first-order valence-corrected chi connectivity index (χ1v) is 13.3. The molecule has 172 valence electrons. The van der Waals surface area contributed by atoms with Crippen molar-refractivity contribution in [2.45, 2.75) is 38.1 Å². The van der Waals surface area contributed by atoms with Gasteiger partial charge in [-0.1, -0.05) is 43.6 Å². The molecule has 3 rings (SSSR count). The molecule has 3 aromatic rings. The average molecular weight is 513 g/mol. The smallest absolute Gasteiger partial charge is 0.247 e. The summed E-state index contributed by atoms with van der Waals surface area (Å²) in [6, 6.07) is 10.3. The number of carbonyl (C=O) groups excluding carboxylic acids is 1. The Morgan fingerprint density at radius 2 is 2.00 bits per heavy atom. The highest BCUT2D eigenvalue weighted by Gasteiger charge is 2.25. The number of amides is 1. The molecule has 1 amide bonds. The largest absolute Gasteiger partial charge is 0.326 e. The summed E-state index contributed by atoms with van der Waals surface area (Å²) in [5.41, 5.74) is 1.56. The van der Waals surface area contributed by atoms with Crippen molar-refractivity contribution in [3.63, 3.8) is 0 Å². The lowest BCUT2D eigenvalue weighted by Gasteiger charge is -2.16. The van der Waals surface area contributed by atoms with Gasteiger partial charge in [0.15, 0.2) is 0 Å². The van der Waals surface area contributed by atoms with E-state index in [4.69, 9.17) is 11.6 Å². The van der Waals surface area contributed by atoms with Gasteiger partial charge in [-0.3, -0.25) is 9.48 Å². The number of benzene rings is 2. The van der Waals surface area contributed by atoms with E-state index in [-0.39, 0.29) is 23.5 Å². The van der Waals surface area contributed by atoms with Gasteiger partial charge in [-0.2, -0.15) is 9.17 Å². The van der Waals surface area contributed by atoms with Gasteiger partial charge in [-0.15, -0.1) is 9.24 Å². The Hall–Kier alpha value is -1.56. The Morgan fingerprint density at radius 3 is 2.66 bits per heavy atom. The second-order valence-electron chi connectivity index (χ2n) is 7.87. The van der Waals surface area contributed by atoms with Gasteiger partial charge in [-0.05, 0) is 45.5 Å². The number of sulfonamides is 1. The van der Waals surface area contributed by atoms with E-state index >= 15 is 0 Å². The van der Waals surface area contributed by atoms with Crippen molar-refractivity contribution in [2.75, 3.05) is 11.6 Å². The van der Waals surface area contributed by atoms with E-state index < -0.39 is 10.0 Å². The van der Waals surface area contributed by atoms with Crippen LogP contribution in [0, 0.1) is 5.92 Å². The van der Waals surface area contributed by atoms with E-state index in [1.165, 1.54) is 6.07 Å². The van der Waals surface area contributed by atoms with Crippen LogP contribution < -0.4 is 5.32 Å². The molecule has 0 aliphatic heterocycles. The SMILES string of the molecule is CC(C)CCn1cc2c(S(=O)(=O)N(P)CP)cc(NC(=O)Cc3ccccc3Cl)cc2n1. The fraction of sp³-hybridized carbons (Fsp3) is 0.333. The fourth-order valence-corrected chi connectivity index (χ4v) is 5.47. The summed E-state index contributed by atoms with van der Waals surface area (Å²) in [6.45, 7) is 4.92. The Morgan fingerprint density at radius 1 is 1.28 bits per heavy atom. The molecular weight excluding hydrogens is 486 g/mol. The molecule has 0 saturated heterocycles. The van der Waals surface area contributed by atoms with E-state index in [1.54, 1.807) is 35.1 Å². The number of nitrogens with one attached hydrogen (secondary N) is 1. The summed E-state index contributed by atoms with van der Waals surface area (Å²) in [4.78, 5) is 12.7. The van der Waals surface area contributed by atoms with Gasteiger partial charge < -0.3 is 5.32 Å². The molecule has 2 atom stereocenters. The molecule has 0 radical (unpaired) electrons. The van der Waals surface area contributed by atoms with Crippen molar-refractivity contribution in [1.29, 1.82) is 0 Å². The van der Waals surface area contributed by atoms with Crippen LogP contribution in [0.2, 0.25) is 5.02 Å². The van der Waals surface area contributed by atoms with Crippen LogP contribution in [0.3, 0.4) is 0 Å². The minimum absolute atomic E-state index is 0.0734. The minimum Gasteiger partial charge on any atom is -0.326 e. The van der Waals surface area contributed by atoms with Gasteiger partial charge in [0.1, 0.15) is 0 Å². The molecule has 11 heteroatoms. The van der Waals surface area contributed by atoms with Crippen LogP contribution in [0.15, 0.2) is 47.5 Å². The number of rotatable bonds is 9. The van der Waals surface area contributed by atoms with Crippen LogP contribution in [-0.4, -0.2) is 34.5 Å². The highest BCUT2D eigenvalue weighted by Crippen LogP contribution is 2.31. The van der Waals surface area contributed by atoms with Gasteiger partial charge >= 0.3 is 0 Å². The van der Waals surface area contributed by atoms with Gasteiger partial charge in [0.25, 0.3) is 0 Å². The first-order valence-electron chi connectivity index (χ1n) is 10.1. The number of hydrogen-bond donors (Lipinski definition) is 1. The molecule has 1 heterocycles. The lowest BCUT2D eigenvalue weighted by atomic mass is 10.1. The van der Waals surface area contributed by atoms with Crippen molar-refractivity contribution >= 4 is 62.8 Å². The van der Waals surface area contributed by atoms with Crippen LogP contribution >= 0.6 is 30.2 Å². The molecule has 0 aliphatic carbocycles. The zero-order chi connectivity index (χ0) is 23.5. The van der Waals surface area contributed by atoms with E-state index in [0.717, 1.165) is 10.5 Å². The van der Waals surface area contributed by atoms with E-state index in [0.29, 0.717) is 39.6 Å². The number of anilines is 1. The second kappa shape index (κ2) is 10.6. The molecule has 1 aromatic heterocycles. The molecule has 7 nitrogen and oxygen atoms in total. The summed E-state index contributed by atoms with van der Waals surface area (Å²) in [7, 11) is 0.800. The predicted octanol–water partition coefficient (Wildman–Crippen LogP) is 4.53. The van der Waals surface area contributed by atoms with Crippen molar-refractivity contribution in [3.8, 4) is 0 Å². The van der Waals surface area contributed by atoms with E-state index in [2.05, 4.69) is 42.9 Å². The van der Waals surface area contributed by atoms with Crippen LogP contribution in [0.5, 0.6) is 0 Å². The van der Waals surface area contributed by atoms with E-state index in [1.807, 2.05) is 6.07 Å². The van der Waals surface area contributed by atoms with Gasteiger partial charge in [-0.25, -0.2) is 8.42 Å². The Kier molecular flexibility index (Phi) is 8.29. The molecule has 32 heavy (non-hydrogen) atoms. The lowest BCUT2D eigenvalue weighted by molar-refractivity contribution is -0.115. The van der Waals surface area contributed by atoms with Crippen molar-refractivity contribution in [3.05, 3.63) is 53.2 Å². The number of carbonyl (C=O) groups is 1. The minimum atomic E-state index is -3.81. The van der Waals surface area contributed by atoms with E-state index in [9.17, 15) is 13.2 Å². The fourth-order valence-electron chi connectivity index (χ4n) is 3.18. The van der Waals surface area contributed by atoms with Gasteiger partial charge in [0.2, 0.25) is 15.9 Å². The highest BCUT2D eigenvalue weighted by atomic mass is 35.5. The number of fused-ring (bicyclic) bond motifs is 1. The lowest BCUT2D eigenvalue weighted by Crippen LogP contribution is -2.20. The first-order chi connectivity index (χ1) is 15.1. The number of hydrogen-bond acceptors (Lipinski definition) is 4. The molecule has 2 aromatic carbocycles. The summed E-state index contributed by atoms with van der Waals surface area (Å²) in [6.07, 6.45) is 2.95. The zero-order valence-electron chi connectivity index (χ0n) is 18.0. The normalized spacial score (nSPS) is 12.1. The maximum absolute atomic E-state index is 13.2. The third kappa shape index (κ3) is 5.86. The summed E-state index contributed by atoms with van der Waals surface area (Å²) in [5, 5.41) is 8.38. The topological polar surface area (TPSA) is 84.3 Å². The standard InChI is InChI=1S/C21H27ClN4O3P2S/c1-14(2)7-8-25-12-17-19(24-25)10-16(11-20(17)32(28,29)26(31)13-30)23-21(27)9-15-5-3-4-6-18(15)22/h3-6,10-12,14H,7-9,13,30-31H2,1-2H3,(H,23,27). The molecule has 0 bridgehead atoms. The Labute approximate surface area is 198 Å². The zero-order valence-corrected chi connectivity index (χ0v) is 21.8. The monoisotopic (exact) mass is 512 g/mol. The maximum Gasteiger partial charge on any atom is 0.247 e. The molecule has 1 N–H and O–H groups in total. The number of nitrogens with zero attached hydrogens (tertiary/aromatic N) is 3. The molecule has 2 unspecified atom stereocenters. The van der Waals surface area contributed by atoms with Crippen LogP contribution in [-0.2, 0) is 27.8 Å².